The van der Waals surface area contributed by atoms with Gasteiger partial charge in [-0.05, 0) is 46.8 Å². The lowest BCUT2D eigenvalue weighted by molar-refractivity contribution is 0.140. The summed E-state index contributed by atoms with van der Waals surface area (Å²) in [6.45, 7) is 11.9. The molecule has 5 heteroatoms. The first kappa shape index (κ1) is 16.4. The number of aromatic nitrogens is 1. The Morgan fingerprint density at radius 1 is 1.30 bits per heavy atom. The molecule has 0 fully saturated rings. The van der Waals surface area contributed by atoms with Gasteiger partial charge in [-0.1, -0.05) is 0 Å². The minimum Gasteiger partial charge on any atom is -0.476 e. The summed E-state index contributed by atoms with van der Waals surface area (Å²) in [5, 5.41) is 7.55. The fourth-order valence-corrected chi connectivity index (χ4v) is 2.21. The molecule has 0 aliphatic rings. The van der Waals surface area contributed by atoms with E-state index in [4.69, 9.17) is 15.9 Å². The van der Waals surface area contributed by atoms with Gasteiger partial charge in [0.05, 0.1) is 5.56 Å². The molecule has 0 aromatic carbocycles. The third kappa shape index (κ3) is 4.49. The van der Waals surface area contributed by atoms with Crippen molar-refractivity contribution in [2.24, 2.45) is 5.73 Å². The molecule has 0 unspecified atom stereocenters. The Kier molecular flexibility index (Phi) is 5.95. The summed E-state index contributed by atoms with van der Waals surface area (Å²) in [6, 6.07) is 4.55. The van der Waals surface area contributed by atoms with E-state index in [0.717, 1.165) is 12.2 Å². The van der Waals surface area contributed by atoms with Crippen LogP contribution < -0.4 is 10.5 Å². The van der Waals surface area contributed by atoms with Crippen molar-refractivity contribution in [3.8, 4) is 5.88 Å². The molecule has 112 valence electrons. The van der Waals surface area contributed by atoms with Gasteiger partial charge in [-0.25, -0.2) is 4.98 Å². The number of nitrogen functional groups attached to an aromatic ring is 1. The van der Waals surface area contributed by atoms with E-state index in [9.17, 15) is 0 Å². The van der Waals surface area contributed by atoms with Crippen LogP contribution in [0, 0.1) is 12.3 Å². The zero-order valence-corrected chi connectivity index (χ0v) is 13.1. The fourth-order valence-electron chi connectivity index (χ4n) is 2.21. The summed E-state index contributed by atoms with van der Waals surface area (Å²) in [7, 11) is 0. The molecule has 0 atom stereocenters. The van der Waals surface area contributed by atoms with Crippen molar-refractivity contribution in [1.82, 2.24) is 9.88 Å². The van der Waals surface area contributed by atoms with Gasteiger partial charge in [0.25, 0.3) is 0 Å². The van der Waals surface area contributed by atoms with Crippen LogP contribution in [0.1, 0.15) is 39.0 Å². The van der Waals surface area contributed by atoms with E-state index in [2.05, 4.69) is 37.6 Å². The van der Waals surface area contributed by atoms with E-state index in [1.807, 2.05) is 13.0 Å². The van der Waals surface area contributed by atoms with Crippen LogP contribution in [-0.2, 0) is 0 Å². The first-order chi connectivity index (χ1) is 9.32. The Morgan fingerprint density at radius 3 is 2.40 bits per heavy atom. The monoisotopic (exact) mass is 278 g/mol. The highest BCUT2D eigenvalue weighted by Crippen LogP contribution is 2.15. The largest absolute Gasteiger partial charge is 0.476 e. The summed E-state index contributed by atoms with van der Waals surface area (Å²) >= 11 is 0. The maximum absolute atomic E-state index is 7.55. The minimum absolute atomic E-state index is 0.0166. The van der Waals surface area contributed by atoms with Crippen molar-refractivity contribution in [3.63, 3.8) is 0 Å². The molecule has 1 rings (SSSR count). The molecule has 0 saturated heterocycles. The van der Waals surface area contributed by atoms with Gasteiger partial charge in [0.2, 0.25) is 5.88 Å². The second-order valence-corrected chi connectivity index (χ2v) is 5.49. The van der Waals surface area contributed by atoms with Gasteiger partial charge < -0.3 is 10.5 Å². The predicted molar refractivity (Wildman–Crippen MR) is 82.5 cm³/mol. The average Bonchev–Trinajstić information content (AvgIpc) is 2.33. The molecule has 3 N–H and O–H groups in total. The fraction of sp³-hybridized carbons (Fsp3) is 0.600. The summed E-state index contributed by atoms with van der Waals surface area (Å²) < 4.78 is 5.74. The average molecular weight is 278 g/mol. The highest BCUT2D eigenvalue weighted by Gasteiger charge is 2.14. The van der Waals surface area contributed by atoms with Gasteiger partial charge >= 0.3 is 0 Å². The predicted octanol–water partition coefficient (Wildman–Crippen LogP) is 2.17. The number of hydrogen-bond donors (Lipinski definition) is 2. The molecule has 0 aliphatic heterocycles. The lowest BCUT2D eigenvalue weighted by atomic mass is 10.2. The molecule has 1 heterocycles. The summed E-state index contributed by atoms with van der Waals surface area (Å²) in [6.07, 6.45) is 0. The normalized spacial score (nSPS) is 11.4. The second-order valence-electron chi connectivity index (χ2n) is 5.49. The van der Waals surface area contributed by atoms with Crippen molar-refractivity contribution in [1.29, 1.82) is 5.41 Å². The first-order valence-corrected chi connectivity index (χ1v) is 7.03. The number of pyridine rings is 1. The molecule has 0 saturated carbocycles. The van der Waals surface area contributed by atoms with E-state index in [1.54, 1.807) is 6.07 Å². The van der Waals surface area contributed by atoms with Crippen LogP contribution in [0.25, 0.3) is 0 Å². The van der Waals surface area contributed by atoms with Crippen LogP contribution in [0.5, 0.6) is 5.88 Å². The molecule has 0 radical (unpaired) electrons. The molecule has 0 spiro atoms. The number of rotatable bonds is 7. The number of hydrogen-bond acceptors (Lipinski definition) is 4. The van der Waals surface area contributed by atoms with Gasteiger partial charge in [-0.15, -0.1) is 0 Å². The van der Waals surface area contributed by atoms with Crippen LogP contribution in [0.4, 0.5) is 0 Å². The molecule has 5 nitrogen and oxygen atoms in total. The maximum Gasteiger partial charge on any atom is 0.224 e. The van der Waals surface area contributed by atoms with Crippen molar-refractivity contribution in [3.05, 3.63) is 23.4 Å². The lowest BCUT2D eigenvalue weighted by Gasteiger charge is -2.30. The number of aryl methyl sites for hydroxylation is 1. The molecular weight excluding hydrogens is 252 g/mol. The Bertz CT molecular complexity index is 449. The number of ether oxygens (including phenoxy) is 1. The third-order valence-electron chi connectivity index (χ3n) is 3.20. The second kappa shape index (κ2) is 7.24. The van der Waals surface area contributed by atoms with Gasteiger partial charge in [0, 0.05) is 24.3 Å². The minimum atomic E-state index is -0.0166. The molecule has 1 aromatic rings. The van der Waals surface area contributed by atoms with Gasteiger partial charge in [0.15, 0.2) is 0 Å². The molecule has 0 aliphatic carbocycles. The van der Waals surface area contributed by atoms with Crippen LogP contribution in [0.2, 0.25) is 0 Å². The smallest absolute Gasteiger partial charge is 0.224 e. The third-order valence-corrected chi connectivity index (χ3v) is 3.20. The topological polar surface area (TPSA) is 75.2 Å². The quantitative estimate of drug-likeness (QED) is 0.592. The molecule has 0 bridgehead atoms. The van der Waals surface area contributed by atoms with Crippen LogP contribution in [-0.4, -0.2) is 41.0 Å². The molecule has 0 amide bonds. The maximum atomic E-state index is 7.55. The standard InChI is InChI=1S/C15H26N4O/c1-10(2)19(11(3)4)8-9-20-15-13(14(16)17)7-6-12(5)18-15/h6-7,10-11H,8-9H2,1-5H3,(H3,16,17). The van der Waals surface area contributed by atoms with E-state index in [-0.39, 0.29) is 5.84 Å². The summed E-state index contributed by atoms with van der Waals surface area (Å²) in [5.74, 6) is 0.432. The Hall–Kier alpha value is -1.62. The zero-order chi connectivity index (χ0) is 15.3. The van der Waals surface area contributed by atoms with E-state index >= 15 is 0 Å². The van der Waals surface area contributed by atoms with Crippen LogP contribution in [0.3, 0.4) is 0 Å². The van der Waals surface area contributed by atoms with Crippen LogP contribution in [0.15, 0.2) is 12.1 Å². The first-order valence-electron chi connectivity index (χ1n) is 7.03. The number of nitrogens with zero attached hydrogens (tertiary/aromatic N) is 2. The Labute approximate surface area is 121 Å². The molecule has 20 heavy (non-hydrogen) atoms. The SMILES string of the molecule is Cc1ccc(C(=N)N)c(OCCN(C(C)C)C(C)C)n1. The van der Waals surface area contributed by atoms with Crippen LogP contribution >= 0.6 is 0 Å². The van der Waals surface area contributed by atoms with Crippen molar-refractivity contribution >= 4 is 5.84 Å². The van der Waals surface area contributed by atoms with E-state index in [0.29, 0.717) is 30.1 Å². The van der Waals surface area contributed by atoms with Crippen molar-refractivity contribution < 1.29 is 4.74 Å². The van der Waals surface area contributed by atoms with Gasteiger partial charge in [0.1, 0.15) is 12.4 Å². The van der Waals surface area contributed by atoms with Crippen molar-refractivity contribution in [2.75, 3.05) is 13.2 Å². The van der Waals surface area contributed by atoms with Crippen molar-refractivity contribution in [2.45, 2.75) is 46.7 Å². The van der Waals surface area contributed by atoms with E-state index in [1.165, 1.54) is 0 Å². The van der Waals surface area contributed by atoms with Gasteiger partial charge in [-0.2, -0.15) is 0 Å². The highest BCUT2D eigenvalue weighted by atomic mass is 16.5. The Morgan fingerprint density at radius 2 is 1.90 bits per heavy atom. The zero-order valence-electron chi connectivity index (χ0n) is 13.1. The number of amidine groups is 1. The van der Waals surface area contributed by atoms with Gasteiger partial charge in [-0.3, -0.25) is 10.3 Å². The lowest BCUT2D eigenvalue weighted by Crippen LogP contribution is -2.39. The molecular formula is C15H26N4O. The highest BCUT2D eigenvalue weighted by molar-refractivity contribution is 5.97. The number of nitrogens with two attached hydrogens (primary N) is 1. The molecule has 1 aromatic heterocycles. The summed E-state index contributed by atoms with van der Waals surface area (Å²) in [4.78, 5) is 6.67. The summed E-state index contributed by atoms with van der Waals surface area (Å²) in [5.41, 5.74) is 6.95. The number of nitrogens with one attached hydrogen (secondary N) is 1. The van der Waals surface area contributed by atoms with E-state index < -0.39 is 0 Å². The Balaban J connectivity index is 2.70.